The number of hydrogen-bond donors (Lipinski definition) is 1. The number of nitrogens with zero attached hydrogens (tertiary/aromatic N) is 1. The van der Waals surface area contributed by atoms with E-state index in [1.165, 1.54) is 11.3 Å². The minimum absolute atomic E-state index is 0.0730. The van der Waals surface area contributed by atoms with E-state index in [0.29, 0.717) is 23.0 Å². The van der Waals surface area contributed by atoms with E-state index >= 15 is 0 Å². The summed E-state index contributed by atoms with van der Waals surface area (Å²) >= 11 is 7.76. The van der Waals surface area contributed by atoms with E-state index in [1.54, 1.807) is 11.8 Å². The van der Waals surface area contributed by atoms with E-state index in [0.717, 1.165) is 22.9 Å². The van der Waals surface area contributed by atoms with Gasteiger partial charge in [-0.25, -0.2) is 0 Å². The van der Waals surface area contributed by atoms with Gasteiger partial charge in [-0.2, -0.15) is 0 Å². The van der Waals surface area contributed by atoms with E-state index in [9.17, 15) is 9.90 Å². The first-order chi connectivity index (χ1) is 9.48. The maximum Gasteiger partial charge on any atom is 0.265 e. The number of aliphatic hydroxyl groups is 1. The molecule has 5 heteroatoms. The van der Waals surface area contributed by atoms with Crippen LogP contribution in [0.15, 0.2) is 24.3 Å². The van der Waals surface area contributed by atoms with Crippen LogP contribution < -0.4 is 0 Å². The number of likely N-dealkylation sites (tertiary alicyclic amines) is 1. The summed E-state index contributed by atoms with van der Waals surface area (Å²) in [7, 11) is 0. The highest BCUT2D eigenvalue weighted by Crippen LogP contribution is 2.36. The lowest BCUT2D eigenvalue weighted by atomic mass is 9.95. The fraction of sp³-hybridized carbons (Fsp3) is 0.400. The number of benzene rings is 1. The summed E-state index contributed by atoms with van der Waals surface area (Å²) in [6, 6.07) is 7.75. The minimum atomic E-state index is -0.795. The molecule has 1 aromatic heterocycles. The lowest BCUT2D eigenvalue weighted by molar-refractivity contribution is -0.0105. The molecule has 0 saturated carbocycles. The van der Waals surface area contributed by atoms with Crippen molar-refractivity contribution in [1.82, 2.24) is 4.90 Å². The van der Waals surface area contributed by atoms with Crippen LogP contribution in [0.1, 0.15) is 29.4 Å². The van der Waals surface area contributed by atoms with Crippen molar-refractivity contribution in [3.63, 3.8) is 0 Å². The van der Waals surface area contributed by atoms with E-state index in [2.05, 4.69) is 0 Å². The van der Waals surface area contributed by atoms with E-state index in [1.807, 2.05) is 24.3 Å². The molecular weight excluding hydrogens is 294 g/mol. The molecule has 0 spiro atoms. The lowest BCUT2D eigenvalue weighted by Crippen LogP contribution is -2.48. The SMILES string of the molecule is CC1(O)CCCN(C(=O)c2sc3ccccc3c2Cl)C1. The van der Waals surface area contributed by atoms with Crippen LogP contribution in [0.2, 0.25) is 5.02 Å². The molecule has 0 radical (unpaired) electrons. The molecule has 1 aromatic carbocycles. The van der Waals surface area contributed by atoms with Crippen LogP contribution in [-0.4, -0.2) is 34.6 Å². The molecular formula is C15H16ClNO2S. The van der Waals surface area contributed by atoms with Crippen LogP contribution in [0, 0.1) is 0 Å². The summed E-state index contributed by atoms with van der Waals surface area (Å²) in [6.07, 6.45) is 1.55. The van der Waals surface area contributed by atoms with Gasteiger partial charge >= 0.3 is 0 Å². The fourth-order valence-electron chi connectivity index (χ4n) is 2.69. The Hall–Kier alpha value is -1.10. The van der Waals surface area contributed by atoms with E-state index in [4.69, 9.17) is 11.6 Å². The predicted octanol–water partition coefficient (Wildman–Crippen LogP) is 3.54. The Kier molecular flexibility index (Phi) is 3.48. The highest BCUT2D eigenvalue weighted by Gasteiger charge is 2.32. The van der Waals surface area contributed by atoms with Crippen LogP contribution in [0.25, 0.3) is 10.1 Å². The molecule has 1 N–H and O–H groups in total. The predicted molar refractivity (Wildman–Crippen MR) is 82.6 cm³/mol. The number of fused-ring (bicyclic) bond motifs is 1. The van der Waals surface area contributed by atoms with Crippen molar-refractivity contribution in [3.8, 4) is 0 Å². The molecule has 1 unspecified atom stereocenters. The average Bonchev–Trinajstić information content (AvgIpc) is 2.75. The maximum absolute atomic E-state index is 12.6. The highest BCUT2D eigenvalue weighted by molar-refractivity contribution is 7.21. The summed E-state index contributed by atoms with van der Waals surface area (Å²) in [5.41, 5.74) is -0.795. The Labute approximate surface area is 126 Å². The summed E-state index contributed by atoms with van der Waals surface area (Å²) < 4.78 is 1.02. The van der Waals surface area contributed by atoms with Crippen LogP contribution in [0.3, 0.4) is 0 Å². The summed E-state index contributed by atoms with van der Waals surface area (Å²) in [5.74, 6) is -0.0730. The van der Waals surface area contributed by atoms with Gasteiger partial charge in [0.1, 0.15) is 4.88 Å². The Bertz CT molecular complexity index is 665. The molecule has 1 aliphatic heterocycles. The maximum atomic E-state index is 12.6. The van der Waals surface area contributed by atoms with Crippen LogP contribution in [0.4, 0.5) is 0 Å². The van der Waals surface area contributed by atoms with E-state index in [-0.39, 0.29) is 5.91 Å². The van der Waals surface area contributed by atoms with Crippen LogP contribution >= 0.6 is 22.9 Å². The van der Waals surface area contributed by atoms with Crippen molar-refractivity contribution >= 4 is 38.9 Å². The van der Waals surface area contributed by atoms with Gasteiger partial charge in [0, 0.05) is 23.2 Å². The van der Waals surface area contributed by atoms with Crippen molar-refractivity contribution in [2.75, 3.05) is 13.1 Å². The zero-order valence-corrected chi connectivity index (χ0v) is 12.8. The Morgan fingerprint density at radius 3 is 2.90 bits per heavy atom. The van der Waals surface area contributed by atoms with Gasteiger partial charge in [0.15, 0.2) is 0 Å². The molecule has 0 aliphatic carbocycles. The first kappa shape index (κ1) is 13.9. The topological polar surface area (TPSA) is 40.5 Å². The van der Waals surface area contributed by atoms with Gasteiger partial charge in [-0.1, -0.05) is 29.8 Å². The molecule has 2 heterocycles. The third-order valence-electron chi connectivity index (χ3n) is 3.69. The quantitative estimate of drug-likeness (QED) is 0.875. The molecule has 0 bridgehead atoms. The second-order valence-corrected chi connectivity index (χ2v) is 7.00. The number of carbonyl (C=O) groups is 1. The van der Waals surface area contributed by atoms with Gasteiger partial charge in [-0.15, -0.1) is 11.3 Å². The lowest BCUT2D eigenvalue weighted by Gasteiger charge is -2.36. The molecule has 1 aliphatic rings. The normalized spacial score (nSPS) is 23.2. The second kappa shape index (κ2) is 5.02. The number of β-amino-alcohol motifs (C(OH)–C–C–N with tert-alkyl or cyclic N) is 1. The molecule has 1 saturated heterocycles. The standard InChI is InChI=1S/C15H16ClNO2S/c1-15(19)7-4-8-17(9-15)14(18)13-12(16)10-5-2-3-6-11(10)20-13/h2-3,5-6,19H,4,7-9H2,1H3. The average molecular weight is 310 g/mol. The number of carbonyl (C=O) groups excluding carboxylic acids is 1. The molecule has 1 fully saturated rings. The first-order valence-electron chi connectivity index (χ1n) is 6.67. The summed E-state index contributed by atoms with van der Waals surface area (Å²) in [6.45, 7) is 2.83. The second-order valence-electron chi connectivity index (χ2n) is 5.57. The third-order valence-corrected chi connectivity index (χ3v) is 5.35. The molecule has 106 valence electrons. The zero-order valence-electron chi connectivity index (χ0n) is 11.2. The van der Waals surface area contributed by atoms with Gasteiger partial charge in [0.2, 0.25) is 0 Å². The minimum Gasteiger partial charge on any atom is -0.388 e. The van der Waals surface area contributed by atoms with Crippen molar-refractivity contribution in [1.29, 1.82) is 0 Å². The molecule has 20 heavy (non-hydrogen) atoms. The molecule has 3 nitrogen and oxygen atoms in total. The molecule has 1 atom stereocenters. The van der Waals surface area contributed by atoms with Crippen LogP contribution in [-0.2, 0) is 0 Å². The number of piperidine rings is 1. The highest BCUT2D eigenvalue weighted by atomic mass is 35.5. The van der Waals surface area contributed by atoms with Gasteiger partial charge in [-0.05, 0) is 25.8 Å². The van der Waals surface area contributed by atoms with E-state index < -0.39 is 5.60 Å². The number of halogens is 1. The Balaban J connectivity index is 1.94. The molecule has 2 aromatic rings. The largest absolute Gasteiger partial charge is 0.388 e. The van der Waals surface area contributed by atoms with Crippen molar-refractivity contribution in [2.24, 2.45) is 0 Å². The number of hydrogen-bond acceptors (Lipinski definition) is 3. The Morgan fingerprint density at radius 1 is 1.45 bits per heavy atom. The van der Waals surface area contributed by atoms with Crippen molar-refractivity contribution < 1.29 is 9.90 Å². The first-order valence-corrected chi connectivity index (χ1v) is 7.86. The van der Waals surface area contributed by atoms with Crippen LogP contribution in [0.5, 0.6) is 0 Å². The number of rotatable bonds is 1. The third kappa shape index (κ3) is 2.43. The molecule has 3 rings (SSSR count). The summed E-state index contributed by atoms with van der Waals surface area (Å²) in [5, 5.41) is 11.6. The summed E-state index contributed by atoms with van der Waals surface area (Å²) in [4.78, 5) is 14.9. The zero-order chi connectivity index (χ0) is 14.3. The van der Waals surface area contributed by atoms with Gasteiger partial charge in [0.25, 0.3) is 5.91 Å². The fourth-order valence-corrected chi connectivity index (χ4v) is 4.17. The smallest absolute Gasteiger partial charge is 0.265 e. The number of amides is 1. The Morgan fingerprint density at radius 2 is 2.20 bits per heavy atom. The van der Waals surface area contributed by atoms with Gasteiger partial charge in [-0.3, -0.25) is 4.79 Å². The monoisotopic (exact) mass is 309 g/mol. The van der Waals surface area contributed by atoms with Gasteiger partial charge in [0.05, 0.1) is 10.6 Å². The number of thiophene rings is 1. The van der Waals surface area contributed by atoms with Crippen molar-refractivity contribution in [2.45, 2.75) is 25.4 Å². The molecule has 1 amide bonds. The van der Waals surface area contributed by atoms with Crippen molar-refractivity contribution in [3.05, 3.63) is 34.2 Å². The van der Waals surface area contributed by atoms with Gasteiger partial charge < -0.3 is 10.0 Å².